The molecule has 40 heavy (non-hydrogen) atoms. The van der Waals surface area contributed by atoms with Gasteiger partial charge in [0.15, 0.2) is 0 Å². The summed E-state index contributed by atoms with van der Waals surface area (Å²) in [5, 5.41) is 2.90. The number of aryl methyl sites for hydroxylation is 1. The van der Waals surface area contributed by atoms with Crippen molar-refractivity contribution in [2.24, 2.45) is 0 Å². The molecule has 0 spiro atoms. The van der Waals surface area contributed by atoms with Crippen molar-refractivity contribution in [3.05, 3.63) is 90.0 Å². The molecule has 214 valence electrons. The van der Waals surface area contributed by atoms with Gasteiger partial charge in [0.25, 0.3) is 10.0 Å². The average molecular weight is 566 g/mol. The van der Waals surface area contributed by atoms with Crippen LogP contribution < -0.4 is 14.4 Å². The van der Waals surface area contributed by atoms with Crippen molar-refractivity contribution < 1.29 is 22.7 Å². The summed E-state index contributed by atoms with van der Waals surface area (Å²) in [6.45, 7) is 8.26. The molecule has 3 rings (SSSR count). The van der Waals surface area contributed by atoms with Crippen LogP contribution in [0.2, 0.25) is 0 Å². The first-order chi connectivity index (χ1) is 19.2. The van der Waals surface area contributed by atoms with Crippen LogP contribution in [0.25, 0.3) is 0 Å². The van der Waals surface area contributed by atoms with E-state index in [0.717, 1.165) is 21.9 Å². The van der Waals surface area contributed by atoms with Crippen LogP contribution in [0, 0.1) is 6.92 Å². The molecular formula is C31H39N3O5S. The van der Waals surface area contributed by atoms with Gasteiger partial charge < -0.3 is 15.0 Å². The van der Waals surface area contributed by atoms with Crippen molar-refractivity contribution in [2.75, 3.05) is 24.0 Å². The van der Waals surface area contributed by atoms with Gasteiger partial charge in [0, 0.05) is 13.1 Å². The predicted molar refractivity (Wildman–Crippen MR) is 158 cm³/mol. The number of hydrogen-bond acceptors (Lipinski definition) is 5. The predicted octanol–water partition coefficient (Wildman–Crippen LogP) is 4.92. The van der Waals surface area contributed by atoms with Gasteiger partial charge in [-0.3, -0.25) is 13.9 Å². The van der Waals surface area contributed by atoms with Crippen LogP contribution >= 0.6 is 0 Å². The Morgan fingerprint density at radius 1 is 0.900 bits per heavy atom. The van der Waals surface area contributed by atoms with Gasteiger partial charge >= 0.3 is 0 Å². The zero-order valence-corrected chi connectivity index (χ0v) is 24.5. The van der Waals surface area contributed by atoms with E-state index in [9.17, 15) is 18.0 Å². The quantitative estimate of drug-likeness (QED) is 0.299. The summed E-state index contributed by atoms with van der Waals surface area (Å²) in [6.07, 6.45) is 1.14. The zero-order chi connectivity index (χ0) is 29.1. The topological polar surface area (TPSA) is 96.0 Å². The summed E-state index contributed by atoms with van der Waals surface area (Å²) in [6, 6.07) is 21.6. The lowest BCUT2D eigenvalue weighted by Gasteiger charge is -2.33. The fourth-order valence-corrected chi connectivity index (χ4v) is 5.80. The monoisotopic (exact) mass is 565 g/mol. The van der Waals surface area contributed by atoms with Crippen LogP contribution in [-0.4, -0.2) is 50.9 Å². The number of anilines is 1. The van der Waals surface area contributed by atoms with E-state index in [1.54, 1.807) is 42.5 Å². The lowest BCUT2D eigenvalue weighted by molar-refractivity contribution is -0.140. The Labute approximate surface area is 238 Å². The van der Waals surface area contributed by atoms with Gasteiger partial charge in [0.1, 0.15) is 18.3 Å². The van der Waals surface area contributed by atoms with Crippen molar-refractivity contribution in [2.45, 2.75) is 58.0 Å². The van der Waals surface area contributed by atoms with Crippen LogP contribution in [0.5, 0.6) is 5.75 Å². The first kappa shape index (κ1) is 30.7. The molecule has 0 aliphatic carbocycles. The number of rotatable bonds is 14. The van der Waals surface area contributed by atoms with Gasteiger partial charge in [-0.1, -0.05) is 56.3 Å². The molecule has 0 saturated heterocycles. The molecule has 1 atom stereocenters. The molecule has 0 radical (unpaired) electrons. The second-order valence-electron chi connectivity index (χ2n) is 9.41. The molecule has 1 unspecified atom stereocenters. The van der Waals surface area contributed by atoms with Crippen LogP contribution in [0.3, 0.4) is 0 Å². The van der Waals surface area contributed by atoms with E-state index in [1.807, 2.05) is 52.0 Å². The third-order valence-corrected chi connectivity index (χ3v) is 8.37. The summed E-state index contributed by atoms with van der Waals surface area (Å²) in [4.78, 5) is 28.8. The van der Waals surface area contributed by atoms with Gasteiger partial charge in [-0.05, 0) is 74.2 Å². The fraction of sp³-hybridized carbons (Fsp3) is 0.355. The number of para-hydroxylation sites is 1. The lowest BCUT2D eigenvalue weighted by Crippen LogP contribution is -2.52. The molecule has 8 nitrogen and oxygen atoms in total. The standard InChI is InChI=1S/C31H39N3O5S/c1-5-21-32-31(36)29(6-2)33(22-25-14-12-11-13-24(25)4)30(35)23-34(26-15-9-8-10-16-26)40(37,38)28-19-17-27(18-20-28)39-7-3/h8-20,29H,5-7,21-23H2,1-4H3,(H,32,36). The smallest absolute Gasteiger partial charge is 0.264 e. The zero-order valence-electron chi connectivity index (χ0n) is 23.7. The molecule has 0 aliphatic heterocycles. The van der Waals surface area contributed by atoms with Crippen molar-refractivity contribution in [1.82, 2.24) is 10.2 Å². The van der Waals surface area contributed by atoms with E-state index in [0.29, 0.717) is 31.0 Å². The Morgan fingerprint density at radius 3 is 2.15 bits per heavy atom. The molecule has 0 aliphatic rings. The summed E-state index contributed by atoms with van der Waals surface area (Å²) in [7, 11) is -4.13. The molecule has 0 aromatic heterocycles. The molecule has 0 fully saturated rings. The fourth-order valence-electron chi connectivity index (χ4n) is 4.38. The highest BCUT2D eigenvalue weighted by molar-refractivity contribution is 7.92. The van der Waals surface area contributed by atoms with Gasteiger partial charge in [-0.15, -0.1) is 0 Å². The number of benzene rings is 3. The summed E-state index contributed by atoms with van der Waals surface area (Å²) in [5.41, 5.74) is 2.22. The molecule has 2 amide bonds. The second-order valence-corrected chi connectivity index (χ2v) is 11.3. The van der Waals surface area contributed by atoms with Crippen molar-refractivity contribution in [3.8, 4) is 5.75 Å². The third kappa shape index (κ3) is 7.63. The molecule has 0 bridgehead atoms. The maximum Gasteiger partial charge on any atom is 0.264 e. The summed E-state index contributed by atoms with van der Waals surface area (Å²) < 4.78 is 34.4. The number of hydrogen-bond donors (Lipinski definition) is 1. The molecular weight excluding hydrogens is 526 g/mol. The molecule has 9 heteroatoms. The van der Waals surface area contributed by atoms with Gasteiger partial charge in [-0.2, -0.15) is 0 Å². The summed E-state index contributed by atoms with van der Waals surface area (Å²) >= 11 is 0. The normalized spacial score (nSPS) is 11.9. The van der Waals surface area contributed by atoms with E-state index in [-0.39, 0.29) is 17.3 Å². The SMILES string of the molecule is CCCNC(=O)C(CC)N(Cc1ccccc1C)C(=O)CN(c1ccccc1)S(=O)(=O)c1ccc(OCC)cc1. The number of nitrogens with one attached hydrogen (secondary N) is 1. The molecule has 0 heterocycles. The minimum atomic E-state index is -4.13. The molecule has 1 N–H and O–H groups in total. The van der Waals surface area contributed by atoms with Crippen molar-refractivity contribution in [1.29, 1.82) is 0 Å². The molecule has 3 aromatic carbocycles. The number of carbonyl (C=O) groups excluding carboxylic acids is 2. The summed E-state index contributed by atoms with van der Waals surface area (Å²) in [5.74, 6) is -0.177. The minimum Gasteiger partial charge on any atom is -0.494 e. The maximum atomic E-state index is 14.1. The van der Waals surface area contributed by atoms with Crippen LogP contribution in [0.1, 0.15) is 44.7 Å². The van der Waals surface area contributed by atoms with E-state index in [1.165, 1.54) is 17.0 Å². The highest BCUT2D eigenvalue weighted by Crippen LogP contribution is 2.26. The number of carbonyl (C=O) groups is 2. The van der Waals surface area contributed by atoms with E-state index in [2.05, 4.69) is 5.32 Å². The van der Waals surface area contributed by atoms with Crippen LogP contribution in [-0.2, 0) is 26.2 Å². The van der Waals surface area contributed by atoms with E-state index >= 15 is 0 Å². The second kappa shape index (κ2) is 14.5. The van der Waals surface area contributed by atoms with Gasteiger partial charge in [0.2, 0.25) is 11.8 Å². The number of sulfonamides is 1. The van der Waals surface area contributed by atoms with E-state index in [4.69, 9.17) is 4.74 Å². The largest absolute Gasteiger partial charge is 0.494 e. The van der Waals surface area contributed by atoms with E-state index < -0.39 is 28.5 Å². The third-order valence-electron chi connectivity index (χ3n) is 6.58. The Hall–Kier alpha value is -3.85. The minimum absolute atomic E-state index is 0.0331. The number of nitrogens with zero attached hydrogens (tertiary/aromatic N) is 2. The number of amides is 2. The lowest BCUT2D eigenvalue weighted by atomic mass is 10.1. The van der Waals surface area contributed by atoms with Gasteiger partial charge in [-0.25, -0.2) is 8.42 Å². The van der Waals surface area contributed by atoms with Crippen LogP contribution in [0.15, 0.2) is 83.8 Å². The maximum absolute atomic E-state index is 14.1. The van der Waals surface area contributed by atoms with Crippen molar-refractivity contribution in [3.63, 3.8) is 0 Å². The first-order valence-corrected chi connectivity index (χ1v) is 15.1. The average Bonchev–Trinajstić information content (AvgIpc) is 2.96. The highest BCUT2D eigenvalue weighted by atomic mass is 32.2. The van der Waals surface area contributed by atoms with Crippen molar-refractivity contribution >= 4 is 27.5 Å². The Morgan fingerprint density at radius 2 is 1.55 bits per heavy atom. The molecule has 3 aromatic rings. The van der Waals surface area contributed by atoms with Crippen LogP contribution in [0.4, 0.5) is 5.69 Å². The first-order valence-electron chi connectivity index (χ1n) is 13.6. The molecule has 0 saturated carbocycles. The Kier molecular flexibility index (Phi) is 11.1. The highest BCUT2D eigenvalue weighted by Gasteiger charge is 2.33. The number of ether oxygens (including phenoxy) is 1. The Bertz CT molecular complexity index is 1360. The van der Waals surface area contributed by atoms with Gasteiger partial charge in [0.05, 0.1) is 17.2 Å². The Balaban J connectivity index is 2.02.